The van der Waals surface area contributed by atoms with E-state index in [4.69, 9.17) is 13.5 Å². The van der Waals surface area contributed by atoms with E-state index >= 15 is 0 Å². The van der Waals surface area contributed by atoms with Gasteiger partial charge in [-0.25, -0.2) is 0 Å². The monoisotopic (exact) mass is 426 g/mol. The third-order valence-electron chi connectivity index (χ3n) is 5.80. The smallest absolute Gasteiger partial charge is 0.254 e. The highest BCUT2D eigenvalue weighted by atomic mass is 28.4. The van der Waals surface area contributed by atoms with Gasteiger partial charge in [-0.15, -0.1) is 0 Å². The van der Waals surface area contributed by atoms with Crippen molar-refractivity contribution in [2.24, 2.45) is 0 Å². The van der Waals surface area contributed by atoms with Gasteiger partial charge >= 0.3 is 0 Å². The highest BCUT2D eigenvalue weighted by Crippen LogP contribution is 2.48. The Balaban J connectivity index is 2.12. The van der Waals surface area contributed by atoms with Gasteiger partial charge in [0.05, 0.1) is 0 Å². The minimum absolute atomic E-state index is 0.509. The maximum atomic E-state index is 13.0. The van der Waals surface area contributed by atoms with Crippen LogP contribution in [0.1, 0.15) is 75.6 Å². The van der Waals surface area contributed by atoms with Crippen LogP contribution in [0.5, 0.6) is 0 Å². The number of nitrogens with zero attached hydrogens (tertiary/aromatic N) is 2. The molecule has 6 nitrogen and oxygen atoms in total. The molecule has 0 radical (unpaired) electrons. The average molecular weight is 427 g/mol. The van der Waals surface area contributed by atoms with Gasteiger partial charge < -0.3 is 14.1 Å². The number of aromatic nitrogens is 2. The molecule has 0 spiro atoms. The summed E-state index contributed by atoms with van der Waals surface area (Å²) in [6, 6.07) is 0. The van der Waals surface area contributed by atoms with Crippen molar-refractivity contribution in [1.29, 1.82) is 0 Å². The van der Waals surface area contributed by atoms with E-state index in [0.717, 1.165) is 57.1 Å². The Hall–Kier alpha value is -0.706. The summed E-state index contributed by atoms with van der Waals surface area (Å²) in [5.41, 5.74) is 0.233. The largest absolute Gasteiger partial charge is 0.404 e. The van der Waals surface area contributed by atoms with Crippen LogP contribution in [0.4, 0.5) is 0 Å². The predicted octanol–water partition coefficient (Wildman–Crippen LogP) is 5.33. The highest BCUT2D eigenvalue weighted by Gasteiger charge is 2.54. The molecular formula is C20H38N2O4Si2. The van der Waals surface area contributed by atoms with Crippen LogP contribution in [-0.2, 0) is 20.1 Å². The third-order valence-corrected chi connectivity index (χ3v) is 7.81. The van der Waals surface area contributed by atoms with Crippen molar-refractivity contribution in [1.82, 2.24) is 5.16 Å². The van der Waals surface area contributed by atoms with Crippen LogP contribution in [-0.4, -0.2) is 21.8 Å². The molecule has 0 N–H and O–H groups in total. The molecule has 2 fully saturated rings. The first-order chi connectivity index (χ1) is 13.0. The van der Waals surface area contributed by atoms with Crippen LogP contribution in [0.25, 0.3) is 0 Å². The lowest BCUT2D eigenvalue weighted by Crippen LogP contribution is -2.51. The van der Waals surface area contributed by atoms with Crippen LogP contribution in [0.2, 0.25) is 39.3 Å². The lowest BCUT2D eigenvalue weighted by atomic mass is 9.76. The second-order valence-corrected chi connectivity index (χ2v) is 19.5. The van der Waals surface area contributed by atoms with Crippen LogP contribution >= 0.6 is 0 Å². The minimum atomic E-state index is -1.89. The molecule has 0 aliphatic heterocycles. The van der Waals surface area contributed by atoms with Gasteiger partial charge in [0.2, 0.25) is 5.69 Å². The van der Waals surface area contributed by atoms with Crippen molar-refractivity contribution in [3.05, 3.63) is 16.6 Å². The molecule has 3 rings (SSSR count). The summed E-state index contributed by atoms with van der Waals surface area (Å²) in [6.07, 6.45) is 10.2. The Morgan fingerprint density at radius 2 is 1.21 bits per heavy atom. The van der Waals surface area contributed by atoms with Crippen LogP contribution < -0.4 is 4.90 Å². The zero-order valence-corrected chi connectivity index (χ0v) is 20.6. The molecule has 1 aromatic heterocycles. The summed E-state index contributed by atoms with van der Waals surface area (Å²) in [5, 5.41) is 17.3. The first kappa shape index (κ1) is 22.0. The molecule has 0 aromatic carbocycles. The Morgan fingerprint density at radius 3 is 1.68 bits per heavy atom. The van der Waals surface area contributed by atoms with E-state index in [1.807, 2.05) is 0 Å². The minimum Gasteiger partial charge on any atom is -0.404 e. The van der Waals surface area contributed by atoms with E-state index < -0.39 is 27.8 Å². The fourth-order valence-corrected chi connectivity index (χ4v) is 8.07. The molecule has 160 valence electrons. The fraction of sp³-hybridized carbons (Fsp3) is 0.900. The van der Waals surface area contributed by atoms with Crippen molar-refractivity contribution in [3.63, 3.8) is 0 Å². The van der Waals surface area contributed by atoms with Gasteiger partial charge in [-0.1, -0.05) is 38.5 Å². The van der Waals surface area contributed by atoms with Crippen molar-refractivity contribution >= 4 is 16.6 Å². The highest BCUT2D eigenvalue weighted by molar-refractivity contribution is 6.70. The average Bonchev–Trinajstić information content (AvgIpc) is 2.96. The second kappa shape index (κ2) is 7.85. The first-order valence-corrected chi connectivity index (χ1v) is 17.8. The molecule has 0 atom stereocenters. The molecule has 0 amide bonds. The Labute approximate surface area is 171 Å². The van der Waals surface area contributed by atoms with Gasteiger partial charge in [-0.3, -0.25) is 4.63 Å². The molecule has 1 aromatic rings. The summed E-state index contributed by atoms with van der Waals surface area (Å²) >= 11 is 0. The SMILES string of the molecule is C[Si](C)(C)OC1(c2no[n+]([O-])c2C2(O[Si](C)(C)C)CCCCC2)CCCCC1. The quantitative estimate of drug-likeness (QED) is 0.454. The predicted molar refractivity (Wildman–Crippen MR) is 114 cm³/mol. The van der Waals surface area contributed by atoms with Gasteiger partial charge in [0.25, 0.3) is 5.69 Å². The molecule has 8 heteroatoms. The fourth-order valence-electron chi connectivity index (χ4n) is 5.12. The normalized spacial score (nSPS) is 22.9. The maximum absolute atomic E-state index is 13.0. The molecule has 1 heterocycles. The number of hydrogen-bond donors (Lipinski definition) is 0. The molecule has 0 bridgehead atoms. The van der Waals surface area contributed by atoms with Crippen molar-refractivity contribution in [3.8, 4) is 0 Å². The first-order valence-electron chi connectivity index (χ1n) is 11.0. The second-order valence-electron chi connectivity index (χ2n) is 10.7. The number of rotatable bonds is 6. The van der Waals surface area contributed by atoms with Crippen LogP contribution in [0, 0.1) is 5.21 Å². The molecule has 0 saturated heterocycles. The van der Waals surface area contributed by atoms with Gasteiger partial charge in [-0.2, -0.15) is 0 Å². The topological polar surface area (TPSA) is 71.4 Å². The zero-order valence-electron chi connectivity index (χ0n) is 18.6. The summed E-state index contributed by atoms with van der Waals surface area (Å²) in [7, 11) is -3.75. The Bertz CT molecular complexity index is 667. The summed E-state index contributed by atoms with van der Waals surface area (Å²) < 4.78 is 18.8. The van der Waals surface area contributed by atoms with Gasteiger partial charge in [0.15, 0.2) is 16.6 Å². The summed E-state index contributed by atoms with van der Waals surface area (Å²) in [5.74, 6) is 0. The summed E-state index contributed by atoms with van der Waals surface area (Å²) in [4.78, 5) is 0.644. The van der Waals surface area contributed by atoms with E-state index in [0.29, 0.717) is 10.6 Å². The van der Waals surface area contributed by atoms with Gasteiger partial charge in [0, 0.05) is 5.16 Å². The van der Waals surface area contributed by atoms with Crippen LogP contribution in [0.15, 0.2) is 4.63 Å². The van der Waals surface area contributed by atoms with E-state index in [1.165, 1.54) is 12.8 Å². The van der Waals surface area contributed by atoms with Crippen molar-refractivity contribution in [2.45, 2.75) is 115 Å². The lowest BCUT2D eigenvalue weighted by Gasteiger charge is -2.43. The number of hydrogen-bond acceptors (Lipinski definition) is 5. The van der Waals surface area contributed by atoms with Crippen molar-refractivity contribution < 1.29 is 18.4 Å². The van der Waals surface area contributed by atoms with E-state index in [-0.39, 0.29) is 0 Å². The molecular weight excluding hydrogens is 388 g/mol. The molecule has 2 aliphatic rings. The summed E-state index contributed by atoms with van der Waals surface area (Å²) in [6.45, 7) is 13.2. The zero-order chi connectivity index (χ0) is 20.6. The standard InChI is InChI=1S/C20H38N2O4Si2/c1-27(2,3)24-19(13-9-7-10-14-19)17-18(22(23)26-21-17)20(25-28(4,5)6)15-11-8-12-16-20/h7-16H2,1-6H3. The van der Waals surface area contributed by atoms with Gasteiger partial charge in [-0.05, 0) is 69.9 Å². The van der Waals surface area contributed by atoms with E-state index in [1.54, 1.807) is 0 Å². The Kier molecular flexibility index (Phi) is 6.16. The van der Waals surface area contributed by atoms with Gasteiger partial charge in [0.1, 0.15) is 11.2 Å². The lowest BCUT2D eigenvalue weighted by molar-refractivity contribution is -0.812. The Morgan fingerprint density at radius 1 is 0.786 bits per heavy atom. The van der Waals surface area contributed by atoms with Crippen molar-refractivity contribution in [2.75, 3.05) is 0 Å². The maximum Gasteiger partial charge on any atom is 0.254 e. The third kappa shape index (κ3) is 4.71. The van der Waals surface area contributed by atoms with E-state index in [9.17, 15) is 5.21 Å². The van der Waals surface area contributed by atoms with Crippen LogP contribution in [0.3, 0.4) is 0 Å². The molecule has 2 aliphatic carbocycles. The van der Waals surface area contributed by atoms with E-state index in [2.05, 4.69) is 44.4 Å². The molecule has 28 heavy (non-hydrogen) atoms. The molecule has 2 saturated carbocycles. The molecule has 0 unspecified atom stereocenters.